The number of hydrogen-bond acceptors (Lipinski definition) is 6. The van der Waals surface area contributed by atoms with Gasteiger partial charge in [-0.2, -0.15) is 15.1 Å². The molecule has 0 atom stereocenters. The van der Waals surface area contributed by atoms with Gasteiger partial charge in [0.05, 0.1) is 6.33 Å². The van der Waals surface area contributed by atoms with Crippen molar-refractivity contribution in [2.75, 3.05) is 17.7 Å². The highest BCUT2D eigenvalue weighted by Gasteiger charge is 2.10. The molecule has 0 fully saturated rings. The van der Waals surface area contributed by atoms with E-state index in [1.807, 2.05) is 19.3 Å². The van der Waals surface area contributed by atoms with E-state index in [4.69, 9.17) is 0 Å². The van der Waals surface area contributed by atoms with Crippen molar-refractivity contribution in [1.82, 2.24) is 29.7 Å². The van der Waals surface area contributed by atoms with E-state index in [0.29, 0.717) is 23.2 Å². The van der Waals surface area contributed by atoms with E-state index in [9.17, 15) is 0 Å². The van der Waals surface area contributed by atoms with Crippen LogP contribution in [-0.4, -0.2) is 36.8 Å². The molecule has 0 spiro atoms. The van der Waals surface area contributed by atoms with Crippen molar-refractivity contribution in [2.45, 2.75) is 0 Å². The third kappa shape index (κ3) is 1.73. The second kappa shape index (κ2) is 3.99. The van der Waals surface area contributed by atoms with Crippen LogP contribution in [0.3, 0.4) is 0 Å². The van der Waals surface area contributed by atoms with Gasteiger partial charge in [-0.1, -0.05) is 0 Å². The van der Waals surface area contributed by atoms with Crippen LogP contribution in [0.25, 0.3) is 11.2 Å². The van der Waals surface area contributed by atoms with Gasteiger partial charge >= 0.3 is 0 Å². The Morgan fingerprint density at radius 1 is 1.33 bits per heavy atom. The van der Waals surface area contributed by atoms with Crippen LogP contribution in [0, 0.1) is 0 Å². The van der Waals surface area contributed by atoms with Crippen LogP contribution < -0.4 is 10.6 Å². The Bertz CT molecular complexity index is 682. The van der Waals surface area contributed by atoms with Crippen LogP contribution in [0.1, 0.15) is 0 Å². The molecule has 0 bridgehead atoms. The van der Waals surface area contributed by atoms with E-state index < -0.39 is 0 Å². The maximum atomic E-state index is 4.34. The summed E-state index contributed by atoms with van der Waals surface area (Å²) in [6.07, 6.45) is 3.44. The average molecular weight is 244 g/mol. The third-order valence-corrected chi connectivity index (χ3v) is 2.47. The molecule has 3 aromatic rings. The minimum atomic E-state index is 0.507. The smallest absolute Gasteiger partial charge is 0.226 e. The third-order valence-electron chi connectivity index (χ3n) is 2.47. The summed E-state index contributed by atoms with van der Waals surface area (Å²) < 4.78 is 1.71. The number of anilines is 3. The highest BCUT2D eigenvalue weighted by atomic mass is 15.3. The lowest BCUT2D eigenvalue weighted by atomic mass is 10.4. The van der Waals surface area contributed by atoms with Crippen LogP contribution in [0.5, 0.6) is 0 Å². The summed E-state index contributed by atoms with van der Waals surface area (Å²) in [6.45, 7) is 0. The van der Waals surface area contributed by atoms with E-state index >= 15 is 0 Å². The Morgan fingerprint density at radius 2 is 2.22 bits per heavy atom. The summed E-state index contributed by atoms with van der Waals surface area (Å²) in [4.78, 5) is 15.7. The molecule has 3 heterocycles. The summed E-state index contributed by atoms with van der Waals surface area (Å²) in [5.74, 6) is 1.86. The summed E-state index contributed by atoms with van der Waals surface area (Å²) in [6, 6.07) is 1.86. The fraction of sp³-hybridized carbons (Fsp3) is 0.200. The largest absolute Gasteiger partial charge is 0.357 e. The average Bonchev–Trinajstić information content (AvgIpc) is 2.98. The molecule has 0 radical (unpaired) electrons. The number of nitrogens with zero attached hydrogens (tertiary/aromatic N) is 5. The number of imidazole rings is 1. The van der Waals surface area contributed by atoms with Gasteiger partial charge in [0.2, 0.25) is 5.95 Å². The van der Waals surface area contributed by atoms with E-state index in [2.05, 4.69) is 35.7 Å². The highest BCUT2D eigenvalue weighted by Crippen LogP contribution is 2.21. The van der Waals surface area contributed by atoms with Gasteiger partial charge < -0.3 is 15.6 Å². The lowest BCUT2D eigenvalue weighted by Gasteiger charge is -2.05. The van der Waals surface area contributed by atoms with Gasteiger partial charge in [-0.05, 0) is 0 Å². The molecular weight excluding hydrogens is 232 g/mol. The van der Waals surface area contributed by atoms with Crippen LogP contribution >= 0.6 is 0 Å². The zero-order chi connectivity index (χ0) is 12.5. The molecule has 0 aliphatic heterocycles. The number of H-pyrrole nitrogens is 1. The molecule has 0 saturated carbocycles. The van der Waals surface area contributed by atoms with Crippen molar-refractivity contribution in [3.05, 3.63) is 18.6 Å². The van der Waals surface area contributed by atoms with Crippen LogP contribution in [0.2, 0.25) is 0 Å². The number of fused-ring (bicyclic) bond motifs is 1. The molecule has 0 aliphatic rings. The molecule has 0 aliphatic carbocycles. The first-order chi connectivity index (χ1) is 8.76. The van der Waals surface area contributed by atoms with Crippen molar-refractivity contribution >= 4 is 28.7 Å². The zero-order valence-corrected chi connectivity index (χ0v) is 9.97. The van der Waals surface area contributed by atoms with Crippen molar-refractivity contribution in [3.8, 4) is 0 Å². The standard InChI is InChI=1S/C10H12N8/c1-11-10-15-8-7(12-5-13-8)9(16-10)14-6-3-4-18(2)17-6/h3-5H,1-2H3,(H3,11,12,13,14,15,16,17). The number of nitrogens with one attached hydrogen (secondary N) is 3. The quantitative estimate of drug-likeness (QED) is 0.632. The molecule has 0 saturated heterocycles. The first kappa shape index (κ1) is 10.5. The number of hydrogen-bond donors (Lipinski definition) is 3. The van der Waals surface area contributed by atoms with Crippen LogP contribution in [0.4, 0.5) is 17.6 Å². The Morgan fingerprint density at radius 3 is 2.94 bits per heavy atom. The lowest BCUT2D eigenvalue weighted by molar-refractivity contribution is 0.771. The fourth-order valence-corrected chi connectivity index (χ4v) is 1.64. The summed E-state index contributed by atoms with van der Waals surface area (Å²) in [7, 11) is 3.62. The number of aryl methyl sites for hydroxylation is 1. The minimum Gasteiger partial charge on any atom is -0.357 e. The predicted molar refractivity (Wildman–Crippen MR) is 67.7 cm³/mol. The zero-order valence-electron chi connectivity index (χ0n) is 9.97. The lowest BCUT2D eigenvalue weighted by Crippen LogP contribution is -2.02. The maximum Gasteiger partial charge on any atom is 0.226 e. The van der Waals surface area contributed by atoms with Gasteiger partial charge in [0.25, 0.3) is 0 Å². The molecule has 3 rings (SSSR count). The van der Waals surface area contributed by atoms with E-state index in [0.717, 1.165) is 5.52 Å². The molecule has 18 heavy (non-hydrogen) atoms. The van der Waals surface area contributed by atoms with Crippen molar-refractivity contribution < 1.29 is 0 Å². The van der Waals surface area contributed by atoms with Crippen molar-refractivity contribution in [3.63, 3.8) is 0 Å². The second-order valence-electron chi connectivity index (χ2n) is 3.75. The van der Waals surface area contributed by atoms with E-state index in [-0.39, 0.29) is 0 Å². The Kier molecular flexibility index (Phi) is 2.33. The first-order valence-corrected chi connectivity index (χ1v) is 5.42. The minimum absolute atomic E-state index is 0.507. The van der Waals surface area contributed by atoms with Gasteiger partial charge in [-0.3, -0.25) is 4.68 Å². The SMILES string of the molecule is CNc1nc(Nc2ccn(C)n2)c2[nH]cnc2n1. The van der Waals surface area contributed by atoms with E-state index in [1.165, 1.54) is 0 Å². The molecule has 92 valence electrons. The monoisotopic (exact) mass is 244 g/mol. The Balaban J connectivity index is 2.06. The molecular formula is C10H12N8. The number of rotatable bonds is 3. The highest BCUT2D eigenvalue weighted by molar-refractivity contribution is 5.85. The normalized spacial score (nSPS) is 10.8. The van der Waals surface area contributed by atoms with Gasteiger partial charge in [0, 0.05) is 26.4 Å². The maximum absolute atomic E-state index is 4.34. The topological polar surface area (TPSA) is 96.3 Å². The summed E-state index contributed by atoms with van der Waals surface area (Å²) in [5.41, 5.74) is 1.35. The molecule has 3 aromatic heterocycles. The molecule has 0 aromatic carbocycles. The van der Waals surface area contributed by atoms with Crippen LogP contribution in [0.15, 0.2) is 18.6 Å². The summed E-state index contributed by atoms with van der Waals surface area (Å²) in [5, 5.41) is 10.3. The molecule has 0 unspecified atom stereocenters. The Labute approximate surface area is 102 Å². The summed E-state index contributed by atoms with van der Waals surface area (Å²) >= 11 is 0. The second-order valence-corrected chi connectivity index (χ2v) is 3.75. The predicted octanol–water partition coefficient (Wildman–Crippen LogP) is 0.872. The van der Waals surface area contributed by atoms with Crippen molar-refractivity contribution in [1.29, 1.82) is 0 Å². The number of aromatic amines is 1. The first-order valence-electron chi connectivity index (χ1n) is 5.42. The van der Waals surface area contributed by atoms with Gasteiger partial charge in [-0.25, -0.2) is 4.98 Å². The van der Waals surface area contributed by atoms with Gasteiger partial charge in [0.1, 0.15) is 5.52 Å². The molecule has 8 nitrogen and oxygen atoms in total. The fourth-order valence-electron chi connectivity index (χ4n) is 1.64. The number of aromatic nitrogens is 6. The van der Waals surface area contributed by atoms with Gasteiger partial charge in [-0.15, -0.1) is 0 Å². The molecule has 0 amide bonds. The Hall–Kier alpha value is -2.64. The molecule has 3 N–H and O–H groups in total. The van der Waals surface area contributed by atoms with Gasteiger partial charge in [0.15, 0.2) is 17.3 Å². The van der Waals surface area contributed by atoms with Crippen LogP contribution in [-0.2, 0) is 7.05 Å². The molecule has 8 heteroatoms. The van der Waals surface area contributed by atoms with Crippen molar-refractivity contribution in [2.24, 2.45) is 7.05 Å². The van der Waals surface area contributed by atoms with E-state index in [1.54, 1.807) is 18.1 Å².